The van der Waals surface area contributed by atoms with Crippen molar-refractivity contribution in [2.75, 3.05) is 0 Å². The second-order valence-corrected chi connectivity index (χ2v) is 5.49. The van der Waals surface area contributed by atoms with Crippen molar-refractivity contribution in [2.45, 2.75) is 12.8 Å². The number of carbonyl (C=O) groups is 2. The Morgan fingerprint density at radius 3 is 2.42 bits per heavy atom. The molecule has 3 rings (SSSR count). The monoisotopic (exact) mass is 324 g/mol. The summed E-state index contributed by atoms with van der Waals surface area (Å²) in [5.74, 6) is -1.23. The number of rotatable bonds is 4. The van der Waals surface area contributed by atoms with Crippen LogP contribution in [0.2, 0.25) is 0 Å². The zero-order chi connectivity index (χ0) is 17.3. The molecule has 0 unspecified atom stereocenters. The number of fused-ring (bicyclic) bond motifs is 1. The number of nitrogens with two attached hydrogens (primary N) is 1. The van der Waals surface area contributed by atoms with Gasteiger partial charge in [0, 0.05) is 22.4 Å². The van der Waals surface area contributed by atoms with Crippen LogP contribution in [0.4, 0.5) is 0 Å². The van der Waals surface area contributed by atoms with Gasteiger partial charge in [-0.05, 0) is 23.8 Å². The van der Waals surface area contributed by atoms with E-state index < -0.39 is 11.8 Å². The van der Waals surface area contributed by atoms with E-state index in [2.05, 4.69) is 0 Å². The summed E-state index contributed by atoms with van der Waals surface area (Å²) >= 11 is 0. The summed E-state index contributed by atoms with van der Waals surface area (Å²) in [4.78, 5) is 23.2. The van der Waals surface area contributed by atoms with E-state index in [4.69, 9.17) is 15.4 Å². The predicted octanol–water partition coefficient (Wildman–Crippen LogP) is 2.80. The number of furan rings is 1. The molecule has 0 fully saturated rings. The van der Waals surface area contributed by atoms with Crippen molar-refractivity contribution < 1.29 is 19.2 Å². The van der Waals surface area contributed by atoms with Crippen LogP contribution in [-0.2, 0) is 0 Å². The highest BCUT2D eigenvalue weighted by Crippen LogP contribution is 2.35. The molecule has 0 saturated heterocycles. The number of nitrogens with one attached hydrogen (secondary N) is 1. The Labute approximate surface area is 137 Å². The van der Waals surface area contributed by atoms with Gasteiger partial charge in [0.25, 0.3) is 11.8 Å². The van der Waals surface area contributed by atoms with Crippen LogP contribution < -0.4 is 11.2 Å². The quantitative estimate of drug-likeness (QED) is 0.507. The van der Waals surface area contributed by atoms with Crippen LogP contribution in [0.5, 0.6) is 0 Å². The van der Waals surface area contributed by atoms with Crippen molar-refractivity contribution in [1.82, 2.24) is 5.48 Å². The summed E-state index contributed by atoms with van der Waals surface area (Å²) in [7, 11) is 0. The van der Waals surface area contributed by atoms with E-state index in [1.807, 2.05) is 25.1 Å². The van der Waals surface area contributed by atoms with Gasteiger partial charge in [0.05, 0.1) is 0 Å². The van der Waals surface area contributed by atoms with Crippen LogP contribution in [-0.4, -0.2) is 17.0 Å². The van der Waals surface area contributed by atoms with E-state index in [-0.39, 0.29) is 11.7 Å². The third-order valence-corrected chi connectivity index (χ3v) is 4.07. The summed E-state index contributed by atoms with van der Waals surface area (Å²) in [6.07, 6.45) is 0. The van der Waals surface area contributed by atoms with E-state index in [0.717, 1.165) is 16.5 Å². The van der Waals surface area contributed by atoms with Crippen LogP contribution in [0.1, 0.15) is 44.9 Å². The van der Waals surface area contributed by atoms with Crippen molar-refractivity contribution in [2.24, 2.45) is 5.73 Å². The van der Waals surface area contributed by atoms with E-state index in [1.54, 1.807) is 35.8 Å². The van der Waals surface area contributed by atoms with Gasteiger partial charge in [0.2, 0.25) is 0 Å². The molecule has 1 heterocycles. The van der Waals surface area contributed by atoms with Crippen molar-refractivity contribution in [1.29, 1.82) is 0 Å². The van der Waals surface area contributed by atoms with Crippen molar-refractivity contribution in [3.05, 3.63) is 71.0 Å². The summed E-state index contributed by atoms with van der Waals surface area (Å²) < 4.78 is 5.61. The Balaban J connectivity index is 2.08. The van der Waals surface area contributed by atoms with Gasteiger partial charge in [-0.2, -0.15) is 0 Å². The fourth-order valence-electron chi connectivity index (χ4n) is 2.83. The molecule has 0 radical (unpaired) electrons. The fourth-order valence-corrected chi connectivity index (χ4v) is 2.83. The van der Waals surface area contributed by atoms with Gasteiger partial charge in [-0.3, -0.25) is 14.8 Å². The Bertz CT molecular complexity index is 912. The number of amides is 2. The number of hydrogen-bond donors (Lipinski definition) is 3. The number of hydrogen-bond acceptors (Lipinski definition) is 4. The Morgan fingerprint density at radius 2 is 1.79 bits per heavy atom. The summed E-state index contributed by atoms with van der Waals surface area (Å²) in [6, 6.07) is 14.1. The first-order valence-electron chi connectivity index (χ1n) is 7.38. The van der Waals surface area contributed by atoms with Gasteiger partial charge in [-0.15, -0.1) is 0 Å². The van der Waals surface area contributed by atoms with Crippen LogP contribution in [0.15, 0.2) is 52.9 Å². The Morgan fingerprint density at radius 1 is 1.12 bits per heavy atom. The molecule has 0 aliphatic rings. The molecule has 2 aromatic carbocycles. The molecule has 6 heteroatoms. The molecule has 24 heavy (non-hydrogen) atoms. The highest BCUT2D eigenvalue weighted by molar-refractivity contribution is 5.99. The summed E-state index contributed by atoms with van der Waals surface area (Å²) in [6.45, 7) is 1.94. The van der Waals surface area contributed by atoms with Gasteiger partial charge in [0.15, 0.2) is 5.76 Å². The van der Waals surface area contributed by atoms with E-state index in [0.29, 0.717) is 11.1 Å². The Hall–Kier alpha value is -3.12. The maximum Gasteiger partial charge on any atom is 0.284 e. The first-order chi connectivity index (χ1) is 11.5. The van der Waals surface area contributed by atoms with Gasteiger partial charge >= 0.3 is 0 Å². The lowest BCUT2D eigenvalue weighted by molar-refractivity contribution is 0.0706. The van der Waals surface area contributed by atoms with Crippen molar-refractivity contribution >= 4 is 22.8 Å². The molecule has 0 bridgehead atoms. The van der Waals surface area contributed by atoms with E-state index in [1.165, 1.54) is 0 Å². The number of carbonyl (C=O) groups excluding carboxylic acids is 2. The fraction of sp³-hybridized carbons (Fsp3) is 0.111. The van der Waals surface area contributed by atoms with Crippen LogP contribution in [0.25, 0.3) is 11.0 Å². The third-order valence-electron chi connectivity index (χ3n) is 4.07. The minimum atomic E-state index is -0.621. The molecule has 6 nitrogen and oxygen atoms in total. The molecule has 3 aromatic rings. The minimum Gasteiger partial charge on any atom is -0.451 e. The number of hydroxylamine groups is 1. The second-order valence-electron chi connectivity index (χ2n) is 5.49. The maximum absolute atomic E-state index is 11.8. The van der Waals surface area contributed by atoms with Crippen LogP contribution >= 0.6 is 0 Å². The number of benzene rings is 2. The SMILES string of the molecule is C[C@H](c1ccc(C(=O)NO)cc1)c1c(C(N)=O)oc2ccccc12. The normalized spacial score (nSPS) is 12.1. The second kappa shape index (κ2) is 6.17. The first kappa shape index (κ1) is 15.8. The van der Waals surface area contributed by atoms with Gasteiger partial charge in [-0.1, -0.05) is 37.3 Å². The molecule has 0 aliphatic carbocycles. The number of primary amides is 1. The van der Waals surface area contributed by atoms with Crippen molar-refractivity contribution in [3.63, 3.8) is 0 Å². The summed E-state index contributed by atoms with van der Waals surface area (Å²) in [5.41, 5.74) is 9.60. The minimum absolute atomic E-state index is 0.140. The largest absolute Gasteiger partial charge is 0.451 e. The lowest BCUT2D eigenvalue weighted by atomic mass is 9.90. The maximum atomic E-state index is 11.8. The first-order valence-corrected chi connectivity index (χ1v) is 7.38. The van der Waals surface area contributed by atoms with Gasteiger partial charge in [0.1, 0.15) is 5.58 Å². The third kappa shape index (κ3) is 2.63. The molecule has 1 atom stereocenters. The zero-order valence-electron chi connectivity index (χ0n) is 12.9. The predicted molar refractivity (Wildman–Crippen MR) is 87.9 cm³/mol. The summed E-state index contributed by atoms with van der Waals surface area (Å²) in [5, 5.41) is 9.50. The topological polar surface area (TPSA) is 106 Å². The molecule has 4 N–H and O–H groups in total. The standard InChI is InChI=1S/C18H16N2O4/c1-10(11-6-8-12(9-7-11)18(22)20-23)15-13-4-2-3-5-14(13)24-16(15)17(19)21/h2-10,23H,1H3,(H2,19,21)(H,20,22)/t10-/m1/s1. The van der Waals surface area contributed by atoms with Crippen LogP contribution in [0, 0.1) is 0 Å². The lowest BCUT2D eigenvalue weighted by Gasteiger charge is -2.12. The number of para-hydroxylation sites is 1. The highest BCUT2D eigenvalue weighted by Gasteiger charge is 2.24. The molecular weight excluding hydrogens is 308 g/mol. The van der Waals surface area contributed by atoms with E-state index >= 15 is 0 Å². The Kier molecular flexibility index (Phi) is 4.05. The molecule has 0 saturated carbocycles. The average molecular weight is 324 g/mol. The van der Waals surface area contributed by atoms with Crippen LogP contribution in [0.3, 0.4) is 0 Å². The molecule has 122 valence electrons. The molecule has 0 spiro atoms. The molecule has 2 amide bonds. The van der Waals surface area contributed by atoms with E-state index in [9.17, 15) is 9.59 Å². The zero-order valence-corrected chi connectivity index (χ0v) is 12.9. The highest BCUT2D eigenvalue weighted by atomic mass is 16.5. The molecular formula is C18H16N2O4. The molecule has 1 aromatic heterocycles. The molecule has 0 aliphatic heterocycles. The average Bonchev–Trinajstić information content (AvgIpc) is 3.00. The van der Waals surface area contributed by atoms with Gasteiger partial charge in [-0.25, -0.2) is 5.48 Å². The lowest BCUT2D eigenvalue weighted by Crippen LogP contribution is -2.18. The van der Waals surface area contributed by atoms with Gasteiger partial charge < -0.3 is 10.2 Å². The van der Waals surface area contributed by atoms with Crippen molar-refractivity contribution in [3.8, 4) is 0 Å². The smallest absolute Gasteiger partial charge is 0.284 e.